The number of nitrogen functional groups attached to an aromatic ring is 1. The first-order valence-corrected chi connectivity index (χ1v) is 7.03. The molecule has 1 amide bonds. The van der Waals surface area contributed by atoms with E-state index < -0.39 is 0 Å². The minimum absolute atomic E-state index is 0.0105. The van der Waals surface area contributed by atoms with Crippen molar-refractivity contribution in [1.82, 2.24) is 14.8 Å². The van der Waals surface area contributed by atoms with Crippen LogP contribution >= 0.6 is 0 Å². The Labute approximate surface area is 118 Å². The summed E-state index contributed by atoms with van der Waals surface area (Å²) in [6.45, 7) is 4.93. The number of hydrogen-bond acceptors (Lipinski definition) is 4. The van der Waals surface area contributed by atoms with Crippen molar-refractivity contribution in [2.75, 3.05) is 25.4 Å². The molecule has 0 spiro atoms. The zero-order valence-electron chi connectivity index (χ0n) is 11.8. The van der Waals surface area contributed by atoms with Crippen LogP contribution < -0.4 is 16.6 Å². The molecule has 2 rings (SSSR count). The molecule has 110 valence electrons. The number of nitrogens with two attached hydrogens (primary N) is 1. The van der Waals surface area contributed by atoms with E-state index in [1.54, 1.807) is 0 Å². The molecule has 0 aromatic carbocycles. The van der Waals surface area contributed by atoms with Gasteiger partial charge in [-0.2, -0.15) is 0 Å². The van der Waals surface area contributed by atoms with Crippen molar-refractivity contribution >= 4 is 11.6 Å². The van der Waals surface area contributed by atoms with Gasteiger partial charge >= 0.3 is 0 Å². The molecule has 0 bridgehead atoms. The topological polar surface area (TPSA) is 80.4 Å². The molecule has 0 radical (unpaired) electrons. The van der Waals surface area contributed by atoms with E-state index in [4.69, 9.17) is 5.73 Å². The molecule has 6 heteroatoms. The summed E-state index contributed by atoms with van der Waals surface area (Å²) in [5.41, 5.74) is 5.86. The number of pyridine rings is 1. The van der Waals surface area contributed by atoms with Gasteiger partial charge in [-0.1, -0.05) is 0 Å². The summed E-state index contributed by atoms with van der Waals surface area (Å²) in [4.78, 5) is 25.8. The molecule has 1 aromatic rings. The van der Waals surface area contributed by atoms with Gasteiger partial charge in [0, 0.05) is 30.5 Å². The SMILES string of the molecule is CC(CNC(=O)Cn1cc(N)ccc1=O)N1CCCC1. The Morgan fingerprint density at radius 1 is 1.40 bits per heavy atom. The van der Waals surface area contributed by atoms with Crippen molar-refractivity contribution in [3.63, 3.8) is 0 Å². The lowest BCUT2D eigenvalue weighted by Crippen LogP contribution is -2.42. The number of carbonyl (C=O) groups is 1. The Hall–Kier alpha value is -1.82. The van der Waals surface area contributed by atoms with Gasteiger partial charge < -0.3 is 15.6 Å². The first-order chi connectivity index (χ1) is 9.56. The number of carbonyl (C=O) groups excluding carboxylic acids is 1. The number of anilines is 1. The third kappa shape index (κ3) is 3.84. The largest absolute Gasteiger partial charge is 0.398 e. The Morgan fingerprint density at radius 2 is 2.10 bits per heavy atom. The van der Waals surface area contributed by atoms with Crippen LogP contribution in [0.4, 0.5) is 5.69 Å². The number of nitrogens with one attached hydrogen (secondary N) is 1. The van der Waals surface area contributed by atoms with Crippen LogP contribution in [0.25, 0.3) is 0 Å². The van der Waals surface area contributed by atoms with E-state index in [-0.39, 0.29) is 18.0 Å². The van der Waals surface area contributed by atoms with E-state index in [1.165, 1.54) is 35.7 Å². The number of rotatable bonds is 5. The van der Waals surface area contributed by atoms with Gasteiger partial charge in [0.25, 0.3) is 5.56 Å². The first kappa shape index (κ1) is 14.6. The zero-order valence-corrected chi connectivity index (χ0v) is 11.8. The Bertz CT molecular complexity index is 520. The second kappa shape index (κ2) is 6.56. The van der Waals surface area contributed by atoms with Gasteiger partial charge in [-0.15, -0.1) is 0 Å². The van der Waals surface area contributed by atoms with Crippen molar-refractivity contribution in [3.8, 4) is 0 Å². The van der Waals surface area contributed by atoms with Crippen LogP contribution in [0, 0.1) is 0 Å². The maximum absolute atomic E-state index is 11.9. The van der Waals surface area contributed by atoms with E-state index in [0.29, 0.717) is 18.3 Å². The fourth-order valence-corrected chi connectivity index (χ4v) is 2.46. The quantitative estimate of drug-likeness (QED) is 0.796. The molecule has 6 nitrogen and oxygen atoms in total. The Kier molecular flexibility index (Phi) is 4.79. The minimum atomic E-state index is -0.220. The molecule has 3 N–H and O–H groups in total. The fraction of sp³-hybridized carbons (Fsp3) is 0.571. The maximum Gasteiger partial charge on any atom is 0.251 e. The average Bonchev–Trinajstić information content (AvgIpc) is 2.94. The highest BCUT2D eigenvalue weighted by Gasteiger charge is 2.18. The van der Waals surface area contributed by atoms with Crippen LogP contribution in [0.15, 0.2) is 23.1 Å². The van der Waals surface area contributed by atoms with Crippen molar-refractivity contribution in [2.24, 2.45) is 0 Å². The molecule has 1 aromatic heterocycles. The fourth-order valence-electron chi connectivity index (χ4n) is 2.46. The lowest BCUT2D eigenvalue weighted by atomic mass is 10.3. The zero-order chi connectivity index (χ0) is 14.5. The minimum Gasteiger partial charge on any atom is -0.398 e. The summed E-state index contributed by atoms with van der Waals surface area (Å²) in [6.07, 6.45) is 3.96. The highest BCUT2D eigenvalue weighted by molar-refractivity contribution is 5.75. The summed E-state index contributed by atoms with van der Waals surface area (Å²) < 4.78 is 1.32. The van der Waals surface area contributed by atoms with E-state index >= 15 is 0 Å². The summed E-state index contributed by atoms with van der Waals surface area (Å²) in [7, 11) is 0. The lowest BCUT2D eigenvalue weighted by molar-refractivity contribution is -0.121. The maximum atomic E-state index is 11.9. The lowest BCUT2D eigenvalue weighted by Gasteiger charge is -2.23. The average molecular weight is 278 g/mol. The summed E-state index contributed by atoms with van der Waals surface area (Å²) >= 11 is 0. The van der Waals surface area contributed by atoms with Gasteiger partial charge in [-0.05, 0) is 38.9 Å². The van der Waals surface area contributed by atoms with Crippen molar-refractivity contribution in [3.05, 3.63) is 28.7 Å². The van der Waals surface area contributed by atoms with E-state index in [0.717, 1.165) is 13.1 Å². The number of nitrogens with zero attached hydrogens (tertiary/aromatic N) is 2. The summed E-state index contributed by atoms with van der Waals surface area (Å²) in [5.74, 6) is -0.163. The van der Waals surface area contributed by atoms with Crippen LogP contribution in [0.1, 0.15) is 19.8 Å². The van der Waals surface area contributed by atoms with Crippen molar-refractivity contribution in [1.29, 1.82) is 0 Å². The van der Waals surface area contributed by atoms with Crippen LogP contribution in [0.3, 0.4) is 0 Å². The number of hydrogen-bond donors (Lipinski definition) is 2. The molecule has 1 unspecified atom stereocenters. The number of amides is 1. The van der Waals surface area contributed by atoms with Crippen molar-refractivity contribution < 1.29 is 4.79 Å². The van der Waals surface area contributed by atoms with Gasteiger partial charge in [0.1, 0.15) is 6.54 Å². The second-order valence-electron chi connectivity index (χ2n) is 5.32. The van der Waals surface area contributed by atoms with Gasteiger partial charge in [0.2, 0.25) is 5.91 Å². The van der Waals surface area contributed by atoms with E-state index in [2.05, 4.69) is 17.1 Å². The predicted molar refractivity (Wildman–Crippen MR) is 78.4 cm³/mol. The van der Waals surface area contributed by atoms with Crippen LogP contribution in [0.5, 0.6) is 0 Å². The van der Waals surface area contributed by atoms with Gasteiger partial charge in [0.15, 0.2) is 0 Å². The van der Waals surface area contributed by atoms with Gasteiger partial charge in [-0.25, -0.2) is 0 Å². The molecule has 1 atom stereocenters. The summed E-state index contributed by atoms with van der Waals surface area (Å²) in [5, 5.41) is 2.87. The van der Waals surface area contributed by atoms with E-state index in [9.17, 15) is 9.59 Å². The normalized spacial score (nSPS) is 17.1. The smallest absolute Gasteiger partial charge is 0.251 e. The third-order valence-electron chi connectivity index (χ3n) is 3.68. The highest BCUT2D eigenvalue weighted by Crippen LogP contribution is 2.10. The third-order valence-corrected chi connectivity index (χ3v) is 3.68. The number of aromatic nitrogens is 1. The van der Waals surface area contributed by atoms with Crippen molar-refractivity contribution in [2.45, 2.75) is 32.4 Å². The monoisotopic (exact) mass is 278 g/mol. The Morgan fingerprint density at radius 3 is 2.80 bits per heavy atom. The molecule has 1 aliphatic heterocycles. The first-order valence-electron chi connectivity index (χ1n) is 7.03. The molecule has 0 aliphatic carbocycles. The van der Waals surface area contributed by atoms with Crippen LogP contribution in [-0.4, -0.2) is 41.1 Å². The van der Waals surface area contributed by atoms with Crippen LogP contribution in [0.2, 0.25) is 0 Å². The molecule has 1 fully saturated rings. The standard InChI is InChI=1S/C14H22N4O2/c1-11(17-6-2-3-7-17)8-16-13(19)10-18-9-12(15)4-5-14(18)20/h4-5,9,11H,2-3,6-8,10,15H2,1H3,(H,16,19). The predicted octanol–water partition coefficient (Wildman–Crippen LogP) is 0.0310. The molecule has 20 heavy (non-hydrogen) atoms. The second-order valence-corrected chi connectivity index (χ2v) is 5.32. The molecular weight excluding hydrogens is 256 g/mol. The highest BCUT2D eigenvalue weighted by atomic mass is 16.2. The van der Waals surface area contributed by atoms with Gasteiger partial charge in [0.05, 0.1) is 0 Å². The van der Waals surface area contributed by atoms with E-state index in [1.807, 2.05) is 0 Å². The molecular formula is C14H22N4O2. The molecule has 0 saturated carbocycles. The number of likely N-dealkylation sites (tertiary alicyclic amines) is 1. The van der Waals surface area contributed by atoms with Gasteiger partial charge in [-0.3, -0.25) is 14.5 Å². The molecule has 1 saturated heterocycles. The summed E-state index contributed by atoms with van der Waals surface area (Å²) in [6, 6.07) is 3.24. The molecule has 2 heterocycles. The molecule has 1 aliphatic rings. The van der Waals surface area contributed by atoms with Crippen LogP contribution in [-0.2, 0) is 11.3 Å². The Balaban J connectivity index is 1.83.